The number of methoxy groups -OCH3 is 1. The van der Waals surface area contributed by atoms with Crippen LogP contribution in [0.3, 0.4) is 0 Å². The van der Waals surface area contributed by atoms with E-state index in [0.717, 1.165) is 51.1 Å². The van der Waals surface area contributed by atoms with E-state index in [2.05, 4.69) is 21.9 Å². The van der Waals surface area contributed by atoms with Crippen LogP contribution >= 0.6 is 23.1 Å². The molecule has 3 heterocycles. The minimum atomic E-state index is -0.361. The predicted octanol–water partition coefficient (Wildman–Crippen LogP) is 3.16. The van der Waals surface area contributed by atoms with Crippen molar-refractivity contribution in [2.24, 2.45) is 0 Å². The van der Waals surface area contributed by atoms with E-state index < -0.39 is 0 Å². The zero-order valence-electron chi connectivity index (χ0n) is 18.8. The van der Waals surface area contributed by atoms with Gasteiger partial charge < -0.3 is 24.3 Å². The molecular formula is C23H27N3O5S2. The van der Waals surface area contributed by atoms with Gasteiger partial charge in [0.15, 0.2) is 5.78 Å². The number of fused-ring (bicyclic) bond motifs is 1. The summed E-state index contributed by atoms with van der Waals surface area (Å²) in [6.07, 6.45) is 0.480. The lowest BCUT2D eigenvalue weighted by atomic mass is 10.2. The Morgan fingerprint density at radius 3 is 2.85 bits per heavy atom. The van der Waals surface area contributed by atoms with Crippen LogP contribution in [-0.4, -0.2) is 78.3 Å². The normalized spacial score (nSPS) is 16.2. The Bertz CT molecular complexity index is 1100. The lowest BCUT2D eigenvalue weighted by molar-refractivity contribution is -0.110. The van der Waals surface area contributed by atoms with Gasteiger partial charge >= 0.3 is 0 Å². The van der Waals surface area contributed by atoms with Crippen LogP contribution in [0.15, 0.2) is 35.4 Å². The summed E-state index contributed by atoms with van der Waals surface area (Å²) < 4.78 is 11.2. The van der Waals surface area contributed by atoms with Crippen molar-refractivity contribution in [2.75, 3.05) is 46.2 Å². The van der Waals surface area contributed by atoms with Crippen molar-refractivity contribution >= 4 is 46.1 Å². The van der Waals surface area contributed by atoms with E-state index in [1.165, 1.54) is 23.1 Å². The summed E-state index contributed by atoms with van der Waals surface area (Å²) in [5.41, 5.74) is 0.852. The van der Waals surface area contributed by atoms with Gasteiger partial charge in [0.2, 0.25) is 0 Å². The summed E-state index contributed by atoms with van der Waals surface area (Å²) in [5, 5.41) is 9.21. The quantitative estimate of drug-likeness (QED) is 0.232. The molecule has 1 fully saturated rings. The standard InChI is InChI=1S/C21H23N3O3S2.C2H4O2/c1-13-22-16-5-4-14(26-3)10-15(16)21(23-13)28-12-17(25)19-6-7-20(29-19)18-11-24(2)8-9-27-18;3-1-2-4/h4-7,10,18H,8-9,11-12H2,1-3H3;1,4H,2H2. The number of carbonyl (C=O) groups excluding carboxylic acids is 2. The van der Waals surface area contributed by atoms with E-state index in [1.54, 1.807) is 7.11 Å². The largest absolute Gasteiger partial charge is 0.497 e. The summed E-state index contributed by atoms with van der Waals surface area (Å²) in [6, 6.07) is 9.64. The lowest BCUT2D eigenvalue weighted by Gasteiger charge is -2.29. The number of carbonyl (C=O) groups is 2. The Kier molecular flexibility index (Phi) is 9.33. The molecule has 1 atom stereocenters. The van der Waals surface area contributed by atoms with Crippen molar-refractivity contribution in [3.05, 3.63) is 45.9 Å². The molecule has 0 bridgehead atoms. The number of hydrogen-bond donors (Lipinski definition) is 1. The Balaban J connectivity index is 0.000000709. The zero-order chi connectivity index (χ0) is 23.8. The highest BCUT2D eigenvalue weighted by molar-refractivity contribution is 8.00. The third kappa shape index (κ3) is 6.81. The molecule has 1 aromatic carbocycles. The van der Waals surface area contributed by atoms with Crippen molar-refractivity contribution in [3.8, 4) is 5.75 Å². The molecule has 4 rings (SSSR count). The summed E-state index contributed by atoms with van der Waals surface area (Å²) in [5.74, 6) is 1.87. The topological polar surface area (TPSA) is 102 Å². The molecule has 2 aromatic heterocycles. The second kappa shape index (κ2) is 12.2. The fourth-order valence-electron chi connectivity index (χ4n) is 3.26. The van der Waals surface area contributed by atoms with E-state index in [4.69, 9.17) is 19.4 Å². The first-order valence-corrected chi connectivity index (χ1v) is 12.2. The van der Waals surface area contributed by atoms with Crippen LogP contribution in [0.4, 0.5) is 0 Å². The van der Waals surface area contributed by atoms with Gasteiger partial charge in [-0.05, 0) is 44.3 Å². The van der Waals surface area contributed by atoms with Crippen LogP contribution in [0.5, 0.6) is 5.75 Å². The van der Waals surface area contributed by atoms with Crippen LogP contribution in [0.1, 0.15) is 26.5 Å². The number of thioether (sulfide) groups is 1. The van der Waals surface area contributed by atoms with Crippen molar-refractivity contribution in [2.45, 2.75) is 18.1 Å². The zero-order valence-corrected chi connectivity index (χ0v) is 20.4. The number of likely N-dealkylation sites (N-methyl/N-ethyl adjacent to an activating group) is 1. The molecule has 0 saturated carbocycles. The average Bonchev–Trinajstić information content (AvgIpc) is 3.33. The molecule has 1 saturated heterocycles. The van der Waals surface area contributed by atoms with E-state index in [-0.39, 0.29) is 18.5 Å². The molecule has 1 N–H and O–H groups in total. The monoisotopic (exact) mass is 489 g/mol. The molecule has 0 amide bonds. The number of thiophene rings is 1. The van der Waals surface area contributed by atoms with Gasteiger partial charge in [0.05, 0.1) is 36.5 Å². The number of Topliss-reactive ketones (excluding diaryl/α,β-unsaturated/α-hetero) is 1. The minimum absolute atomic E-state index is 0.0499. The van der Waals surface area contributed by atoms with Gasteiger partial charge in [0.1, 0.15) is 29.0 Å². The molecule has 10 heteroatoms. The summed E-state index contributed by atoms with van der Waals surface area (Å²) in [4.78, 5) is 34.9. The van der Waals surface area contributed by atoms with Crippen LogP contribution < -0.4 is 4.74 Å². The highest BCUT2D eigenvalue weighted by Gasteiger charge is 2.22. The highest BCUT2D eigenvalue weighted by Crippen LogP contribution is 2.32. The number of ether oxygens (including phenoxy) is 2. The second-order valence-electron chi connectivity index (χ2n) is 7.34. The number of nitrogens with zero attached hydrogens (tertiary/aromatic N) is 3. The van der Waals surface area contributed by atoms with Crippen LogP contribution in [0, 0.1) is 6.92 Å². The van der Waals surface area contributed by atoms with Crippen molar-refractivity contribution in [1.29, 1.82) is 0 Å². The number of aromatic nitrogens is 2. The first-order valence-electron chi connectivity index (χ1n) is 10.4. The minimum Gasteiger partial charge on any atom is -0.497 e. The SMILES string of the molecule is COc1ccc2nc(C)nc(SCC(=O)c3ccc(C4CN(C)CCO4)s3)c2c1.O=CCO. The number of ketones is 1. The van der Waals surface area contributed by atoms with Crippen molar-refractivity contribution < 1.29 is 24.2 Å². The van der Waals surface area contributed by atoms with Gasteiger partial charge in [0, 0.05) is 23.4 Å². The van der Waals surface area contributed by atoms with Crippen LogP contribution in [0.25, 0.3) is 10.9 Å². The Hall–Kier alpha value is -2.37. The summed E-state index contributed by atoms with van der Waals surface area (Å²) in [6.45, 7) is 4.03. The summed E-state index contributed by atoms with van der Waals surface area (Å²) in [7, 11) is 3.73. The number of morpholine rings is 1. The van der Waals surface area contributed by atoms with Gasteiger partial charge in [-0.2, -0.15) is 0 Å². The first kappa shape index (κ1) is 25.3. The van der Waals surface area contributed by atoms with Crippen molar-refractivity contribution in [3.63, 3.8) is 0 Å². The molecule has 0 aliphatic carbocycles. The summed E-state index contributed by atoms with van der Waals surface area (Å²) >= 11 is 2.97. The first-order chi connectivity index (χ1) is 15.9. The highest BCUT2D eigenvalue weighted by atomic mass is 32.2. The van der Waals surface area contributed by atoms with Crippen LogP contribution in [0.2, 0.25) is 0 Å². The Morgan fingerprint density at radius 1 is 1.36 bits per heavy atom. The Labute approximate surface area is 200 Å². The number of aliphatic hydroxyl groups excluding tert-OH is 1. The third-order valence-corrected chi connectivity index (χ3v) is 7.09. The molecule has 0 radical (unpaired) electrons. The van der Waals surface area contributed by atoms with E-state index in [9.17, 15) is 4.79 Å². The third-order valence-electron chi connectivity index (χ3n) is 4.88. The Morgan fingerprint density at radius 2 is 2.15 bits per heavy atom. The molecule has 3 aromatic rings. The lowest BCUT2D eigenvalue weighted by Crippen LogP contribution is -2.34. The van der Waals surface area contributed by atoms with Gasteiger partial charge in [-0.25, -0.2) is 9.97 Å². The number of rotatable bonds is 7. The number of aryl methyl sites for hydroxylation is 1. The number of hydrogen-bond acceptors (Lipinski definition) is 10. The molecule has 176 valence electrons. The number of benzene rings is 1. The maximum Gasteiger partial charge on any atom is 0.183 e. The number of aldehydes is 1. The van der Waals surface area contributed by atoms with Gasteiger partial charge in [-0.1, -0.05) is 11.8 Å². The molecule has 1 aliphatic heterocycles. The van der Waals surface area contributed by atoms with Crippen LogP contribution in [-0.2, 0) is 9.53 Å². The average molecular weight is 490 g/mol. The maximum absolute atomic E-state index is 12.8. The van der Waals surface area contributed by atoms with Gasteiger partial charge in [0.25, 0.3) is 0 Å². The molecule has 1 unspecified atom stereocenters. The molecule has 33 heavy (non-hydrogen) atoms. The van der Waals surface area contributed by atoms with E-state index in [1.807, 2.05) is 37.3 Å². The molecular weight excluding hydrogens is 462 g/mol. The maximum atomic E-state index is 12.8. The molecule has 8 nitrogen and oxygen atoms in total. The van der Waals surface area contributed by atoms with E-state index >= 15 is 0 Å². The van der Waals surface area contributed by atoms with Gasteiger partial charge in [-0.3, -0.25) is 4.79 Å². The van der Waals surface area contributed by atoms with E-state index in [0.29, 0.717) is 17.9 Å². The number of aliphatic hydroxyl groups is 1. The predicted molar refractivity (Wildman–Crippen MR) is 130 cm³/mol. The second-order valence-corrected chi connectivity index (χ2v) is 9.42. The molecule has 0 spiro atoms. The fourth-order valence-corrected chi connectivity index (χ4v) is 5.27. The van der Waals surface area contributed by atoms with Crippen molar-refractivity contribution in [1.82, 2.24) is 14.9 Å². The molecule has 1 aliphatic rings. The van der Waals surface area contributed by atoms with Gasteiger partial charge in [-0.15, -0.1) is 11.3 Å². The smallest absolute Gasteiger partial charge is 0.183 e. The fraction of sp³-hybridized carbons (Fsp3) is 0.391.